The van der Waals surface area contributed by atoms with Gasteiger partial charge in [-0.15, -0.1) is 0 Å². The van der Waals surface area contributed by atoms with Crippen LogP contribution in [-0.4, -0.2) is 88.8 Å². The Morgan fingerprint density at radius 2 is 0.625 bits per heavy atom. The monoisotopic (exact) mass is 1370 g/mol. The van der Waals surface area contributed by atoms with E-state index in [4.69, 9.17) is 58.7 Å². The van der Waals surface area contributed by atoms with Crippen molar-refractivity contribution in [3.05, 3.63) is 178 Å². The quantitative estimate of drug-likeness (QED) is 0.0568. The summed E-state index contributed by atoms with van der Waals surface area (Å²) in [7, 11) is 0.680. The van der Waals surface area contributed by atoms with Gasteiger partial charge in [0.25, 0.3) is 0 Å². The average Bonchev–Trinajstić information content (AvgIpc) is 0.740. The van der Waals surface area contributed by atoms with E-state index in [-0.39, 0.29) is 54.8 Å². The molecule has 0 spiro atoms. The van der Waals surface area contributed by atoms with Gasteiger partial charge in [0.1, 0.15) is 0 Å². The number of carbonyl (C=O) groups is 3. The third-order valence-electron chi connectivity index (χ3n) is 17.7. The molecule has 9 rings (SSSR count). The standard InChI is InChI=1S/3C25H32N2O4S/c3*1-15(2)12-20-19-14-21(30-5)24(31-6)17(4)23(19)27-32(29,18-10-8-7-9-11-18)25(20)16(3)13-22(26)28/h3*7-12,14,16,20,25H,13H2,1-6H3,(H2,26,28)/t3*16-,20-,25+,32+/m000/s1. The predicted octanol–water partition coefficient (Wildman–Crippen LogP) is 15.3. The Balaban J connectivity index is 0.000000203. The van der Waals surface area contributed by atoms with E-state index >= 15 is 0 Å². The molecular formula is C75H96N6O12S3. The van der Waals surface area contributed by atoms with E-state index in [1.165, 1.54) is 0 Å². The Kier molecular flexibility index (Phi) is 24.7. The molecule has 3 amide bonds. The number of primary amides is 3. The number of nitrogens with zero attached hydrogens (tertiary/aromatic N) is 3. The van der Waals surface area contributed by atoms with Gasteiger partial charge < -0.3 is 45.6 Å². The molecule has 0 aliphatic carbocycles. The molecule has 0 radical (unpaired) electrons. The van der Waals surface area contributed by atoms with E-state index in [0.717, 1.165) is 50.1 Å². The van der Waals surface area contributed by atoms with E-state index < -0.39 is 62.7 Å². The van der Waals surface area contributed by atoms with Crippen molar-refractivity contribution in [1.82, 2.24) is 0 Å². The number of ether oxygens (including phenoxy) is 6. The molecule has 96 heavy (non-hydrogen) atoms. The highest BCUT2D eigenvalue weighted by Gasteiger charge is 2.46. The van der Waals surface area contributed by atoms with Crippen molar-refractivity contribution in [2.45, 2.75) is 151 Å². The molecule has 3 heterocycles. The first-order chi connectivity index (χ1) is 45.4. The van der Waals surface area contributed by atoms with Gasteiger partial charge in [-0.1, -0.05) is 110 Å². The highest BCUT2D eigenvalue weighted by atomic mass is 32.2. The van der Waals surface area contributed by atoms with Crippen molar-refractivity contribution in [1.29, 1.82) is 0 Å². The van der Waals surface area contributed by atoms with Gasteiger partial charge in [0.2, 0.25) is 17.7 Å². The van der Waals surface area contributed by atoms with Gasteiger partial charge in [-0.25, -0.2) is 12.6 Å². The lowest BCUT2D eigenvalue weighted by Gasteiger charge is -2.37. The molecule has 0 saturated carbocycles. The molecule has 6 aromatic rings. The van der Waals surface area contributed by atoms with Crippen LogP contribution in [0.1, 0.15) is 133 Å². The van der Waals surface area contributed by atoms with E-state index in [9.17, 15) is 27.0 Å². The predicted molar refractivity (Wildman–Crippen MR) is 384 cm³/mol. The van der Waals surface area contributed by atoms with Crippen molar-refractivity contribution < 1.29 is 55.4 Å². The number of amides is 3. The number of allylic oxidation sites excluding steroid dienone is 6. The first-order valence-corrected chi connectivity index (χ1v) is 36.6. The molecule has 0 fully saturated rings. The van der Waals surface area contributed by atoms with Crippen LogP contribution in [0.25, 0.3) is 0 Å². The molecule has 6 N–H and O–H groups in total. The Morgan fingerprint density at radius 3 is 0.802 bits per heavy atom. The Morgan fingerprint density at radius 1 is 0.406 bits per heavy atom. The Labute approximate surface area is 569 Å². The van der Waals surface area contributed by atoms with Crippen LogP contribution in [-0.2, 0) is 43.6 Å². The number of rotatable bonds is 21. The zero-order chi connectivity index (χ0) is 70.9. The van der Waals surface area contributed by atoms with E-state index in [1.807, 2.05) is 192 Å². The maximum Gasteiger partial charge on any atom is 0.217 e. The largest absolute Gasteiger partial charge is 0.493 e. The topological polar surface area (TPSA) is 273 Å². The molecule has 6 aromatic carbocycles. The minimum Gasteiger partial charge on any atom is -0.493 e. The molecule has 0 bridgehead atoms. The third kappa shape index (κ3) is 15.5. The minimum atomic E-state index is -2.95. The van der Waals surface area contributed by atoms with Crippen LogP contribution in [0.5, 0.6) is 34.5 Å². The highest BCUT2D eigenvalue weighted by Crippen LogP contribution is 2.55. The molecule has 516 valence electrons. The maximum absolute atomic E-state index is 14.8. The van der Waals surface area contributed by atoms with Gasteiger partial charge in [-0.2, -0.15) is 13.1 Å². The van der Waals surface area contributed by atoms with Gasteiger partial charge in [0.15, 0.2) is 34.5 Å². The fraction of sp³-hybridized carbons (Fsp3) is 0.400. The molecular weight excluding hydrogens is 1270 g/mol. The Hall–Kier alpha value is -8.40. The normalized spacial score (nSPS) is 22.8. The average molecular weight is 1370 g/mol. The van der Waals surface area contributed by atoms with Crippen LogP contribution in [0.4, 0.5) is 17.1 Å². The number of methoxy groups -OCH3 is 6. The highest BCUT2D eigenvalue weighted by molar-refractivity contribution is 7.95. The first kappa shape index (κ1) is 75.0. The van der Waals surface area contributed by atoms with Crippen LogP contribution < -0.4 is 45.6 Å². The van der Waals surface area contributed by atoms with E-state index in [1.54, 1.807) is 42.7 Å². The molecule has 0 aromatic heterocycles. The number of hydrogen-bond acceptors (Lipinski definition) is 15. The van der Waals surface area contributed by atoms with Crippen LogP contribution >= 0.6 is 0 Å². The van der Waals surface area contributed by atoms with Gasteiger partial charge in [-0.05, 0) is 151 Å². The summed E-state index contributed by atoms with van der Waals surface area (Å²) < 4.78 is 92.7. The summed E-state index contributed by atoms with van der Waals surface area (Å²) in [5.41, 5.74) is 27.0. The number of benzene rings is 6. The van der Waals surface area contributed by atoms with Crippen LogP contribution in [0.2, 0.25) is 0 Å². The SMILES string of the molecule is COc1cc2c(c(C)c1OC)N=[S@@](=O)(c1ccccc1)[C@H]([C@@H](C)CC(N)=O)[C@H]2C=C(C)C.COc1cc2c(c(C)c1OC)N=[S@@](=O)(c1ccccc1)[C@H]([C@@H](C)CC(N)=O)[C@H]2C=C(C)C.COc1cc2c(c(C)c1OC)N=[S@@](=O)(c1ccccc1)[C@H]([C@@H](C)CC(N)=O)[C@H]2C=C(C)C. The van der Waals surface area contributed by atoms with E-state index in [2.05, 4.69) is 18.2 Å². The fourth-order valence-electron chi connectivity index (χ4n) is 13.8. The summed E-state index contributed by atoms with van der Waals surface area (Å²) >= 11 is 0. The lowest BCUT2D eigenvalue weighted by molar-refractivity contribution is -0.119. The van der Waals surface area contributed by atoms with Crippen LogP contribution in [0, 0.1) is 38.5 Å². The van der Waals surface area contributed by atoms with Gasteiger partial charge in [-0.3, -0.25) is 14.4 Å². The molecule has 12 atom stereocenters. The molecule has 0 unspecified atom stereocenters. The smallest absolute Gasteiger partial charge is 0.217 e. The second-order valence-electron chi connectivity index (χ2n) is 25.6. The van der Waals surface area contributed by atoms with Crippen molar-refractivity contribution in [2.24, 2.45) is 48.0 Å². The number of hydrogen-bond donors (Lipinski definition) is 3. The number of fused-ring (bicyclic) bond motifs is 3. The molecule has 3 aliphatic heterocycles. The van der Waals surface area contributed by atoms with Crippen molar-refractivity contribution in [2.75, 3.05) is 42.7 Å². The third-order valence-corrected chi connectivity index (χ3v) is 26.4. The van der Waals surface area contributed by atoms with Crippen molar-refractivity contribution in [3.63, 3.8) is 0 Å². The summed E-state index contributed by atoms with van der Waals surface area (Å²) in [5.74, 6) is 0.755. The summed E-state index contributed by atoms with van der Waals surface area (Å²) in [6, 6.07) is 33.6. The van der Waals surface area contributed by atoms with E-state index in [0.29, 0.717) is 66.2 Å². The lowest BCUT2D eigenvalue weighted by atomic mass is 9.84. The summed E-state index contributed by atoms with van der Waals surface area (Å²) in [4.78, 5) is 37.5. The summed E-state index contributed by atoms with van der Waals surface area (Å²) in [6.07, 6.45) is 6.72. The molecule has 18 nitrogen and oxygen atoms in total. The van der Waals surface area contributed by atoms with Crippen molar-refractivity contribution >= 4 is 64.0 Å². The fourth-order valence-corrected chi connectivity index (χ4v) is 22.7. The first-order valence-electron chi connectivity index (χ1n) is 31.9. The van der Waals surface area contributed by atoms with Gasteiger partial charge >= 0.3 is 0 Å². The second-order valence-corrected chi connectivity index (χ2v) is 32.6. The Bertz CT molecular complexity index is 3920. The van der Waals surface area contributed by atoms with Crippen LogP contribution in [0.3, 0.4) is 0 Å². The summed E-state index contributed by atoms with van der Waals surface area (Å²) in [6.45, 7) is 23.6. The minimum absolute atomic E-state index is 0.124. The zero-order valence-corrected chi connectivity index (χ0v) is 61.1. The second kappa shape index (κ2) is 31.6. The summed E-state index contributed by atoms with van der Waals surface area (Å²) in [5, 5.41) is -1.34. The van der Waals surface area contributed by atoms with Gasteiger partial charge in [0.05, 0.1) is 105 Å². The van der Waals surface area contributed by atoms with Gasteiger partial charge in [0, 0.05) is 68.4 Å². The number of nitrogens with two attached hydrogens (primary N) is 3. The molecule has 21 heteroatoms. The lowest BCUT2D eigenvalue weighted by Crippen LogP contribution is -2.38. The molecule has 0 saturated heterocycles. The zero-order valence-electron chi connectivity index (χ0n) is 58.6. The number of carbonyl (C=O) groups excluding carboxylic acids is 3. The van der Waals surface area contributed by atoms with Crippen LogP contribution in [0.15, 0.2) is 172 Å². The van der Waals surface area contributed by atoms with Crippen molar-refractivity contribution in [3.8, 4) is 34.5 Å². The molecule has 3 aliphatic rings. The maximum atomic E-state index is 14.8.